The van der Waals surface area contributed by atoms with Gasteiger partial charge in [-0.1, -0.05) is 35.2 Å². The Bertz CT molecular complexity index is 291. The van der Waals surface area contributed by atoms with Crippen molar-refractivity contribution in [1.29, 1.82) is 0 Å². The average Bonchev–Trinajstić information content (AvgIpc) is 2.26. The van der Waals surface area contributed by atoms with Gasteiger partial charge in [-0.2, -0.15) is 0 Å². The maximum Gasteiger partial charge on any atom is 0.220 e. The first kappa shape index (κ1) is 10.3. The molecule has 0 aromatic rings. The maximum absolute atomic E-state index is 11.1. The van der Waals surface area contributed by atoms with Crippen molar-refractivity contribution in [3.8, 4) is 0 Å². The lowest BCUT2D eigenvalue weighted by Gasteiger charge is -2.06. The first-order chi connectivity index (χ1) is 6.15. The molecule has 0 aromatic heterocycles. The van der Waals surface area contributed by atoms with Gasteiger partial charge in [-0.25, -0.2) is 0 Å². The summed E-state index contributed by atoms with van der Waals surface area (Å²) in [6, 6.07) is 0. The summed E-state index contributed by atoms with van der Waals surface area (Å²) in [5.41, 5.74) is 2.14. The molecule has 1 heterocycles. The molecule has 0 saturated heterocycles. The van der Waals surface area contributed by atoms with Gasteiger partial charge in [0.1, 0.15) is 0 Å². The van der Waals surface area contributed by atoms with E-state index in [0.29, 0.717) is 13.0 Å². The van der Waals surface area contributed by atoms with E-state index in [1.165, 1.54) is 0 Å². The van der Waals surface area contributed by atoms with E-state index >= 15 is 0 Å². The number of carbonyl (C=O) groups is 1. The molecule has 0 aromatic carbocycles. The first-order valence-electron chi connectivity index (χ1n) is 4.11. The standard InChI is InChI=1S/C10H12BrNO/c1-3-8-4-5-10(13)12-6-9(8)7(2)11/h3H,1-2,4-6H2,(H,12,13). The van der Waals surface area contributed by atoms with Gasteiger partial charge in [0.2, 0.25) is 5.91 Å². The van der Waals surface area contributed by atoms with E-state index in [4.69, 9.17) is 0 Å². The van der Waals surface area contributed by atoms with Gasteiger partial charge in [-0.3, -0.25) is 4.79 Å². The van der Waals surface area contributed by atoms with Crippen LogP contribution in [0.4, 0.5) is 0 Å². The topological polar surface area (TPSA) is 29.1 Å². The molecule has 3 heteroatoms. The van der Waals surface area contributed by atoms with Crippen LogP contribution in [0.3, 0.4) is 0 Å². The molecule has 0 unspecified atom stereocenters. The molecule has 13 heavy (non-hydrogen) atoms. The van der Waals surface area contributed by atoms with Crippen LogP contribution in [0.5, 0.6) is 0 Å². The van der Waals surface area contributed by atoms with Crippen LogP contribution in [0.1, 0.15) is 12.8 Å². The fourth-order valence-electron chi connectivity index (χ4n) is 1.28. The summed E-state index contributed by atoms with van der Waals surface area (Å²) in [4.78, 5) is 11.1. The molecule has 1 rings (SSSR count). The van der Waals surface area contributed by atoms with Crippen molar-refractivity contribution in [3.63, 3.8) is 0 Å². The number of carbonyl (C=O) groups excluding carboxylic acids is 1. The van der Waals surface area contributed by atoms with Crippen molar-refractivity contribution in [2.45, 2.75) is 12.8 Å². The van der Waals surface area contributed by atoms with Crippen LogP contribution >= 0.6 is 15.9 Å². The minimum absolute atomic E-state index is 0.0862. The van der Waals surface area contributed by atoms with E-state index in [0.717, 1.165) is 22.0 Å². The Hall–Kier alpha value is -0.830. The molecule has 1 aliphatic heterocycles. The van der Waals surface area contributed by atoms with Gasteiger partial charge in [0, 0.05) is 17.4 Å². The lowest BCUT2D eigenvalue weighted by atomic mass is 10.0. The highest BCUT2D eigenvalue weighted by molar-refractivity contribution is 9.11. The molecule has 0 atom stereocenters. The van der Waals surface area contributed by atoms with Crippen molar-refractivity contribution in [3.05, 3.63) is 34.9 Å². The van der Waals surface area contributed by atoms with E-state index in [-0.39, 0.29) is 5.91 Å². The fourth-order valence-corrected chi connectivity index (χ4v) is 1.68. The van der Waals surface area contributed by atoms with E-state index in [2.05, 4.69) is 34.4 Å². The van der Waals surface area contributed by atoms with Gasteiger partial charge in [0.05, 0.1) is 0 Å². The van der Waals surface area contributed by atoms with Crippen LogP contribution < -0.4 is 5.32 Å². The molecule has 0 saturated carbocycles. The minimum Gasteiger partial charge on any atom is -0.352 e. The van der Waals surface area contributed by atoms with Gasteiger partial charge in [-0.05, 0) is 17.6 Å². The van der Waals surface area contributed by atoms with E-state index in [1.54, 1.807) is 6.08 Å². The van der Waals surface area contributed by atoms with Crippen LogP contribution in [0.25, 0.3) is 0 Å². The third-order valence-corrected chi connectivity index (χ3v) is 2.52. The highest BCUT2D eigenvalue weighted by atomic mass is 79.9. The van der Waals surface area contributed by atoms with Crippen molar-refractivity contribution >= 4 is 21.8 Å². The van der Waals surface area contributed by atoms with Crippen molar-refractivity contribution < 1.29 is 4.79 Å². The van der Waals surface area contributed by atoms with Gasteiger partial charge in [-0.15, -0.1) is 0 Å². The average molecular weight is 242 g/mol. The molecular formula is C10H12BrNO. The zero-order valence-electron chi connectivity index (χ0n) is 7.40. The molecule has 1 amide bonds. The zero-order valence-corrected chi connectivity index (χ0v) is 8.99. The Labute approximate surface area is 86.5 Å². The van der Waals surface area contributed by atoms with Crippen LogP contribution in [0.15, 0.2) is 34.9 Å². The lowest BCUT2D eigenvalue weighted by Crippen LogP contribution is -2.23. The van der Waals surface area contributed by atoms with Crippen LogP contribution in [-0.2, 0) is 4.79 Å². The second kappa shape index (κ2) is 4.42. The molecule has 70 valence electrons. The number of hydrogen-bond acceptors (Lipinski definition) is 1. The molecule has 0 spiro atoms. The maximum atomic E-state index is 11.1. The smallest absolute Gasteiger partial charge is 0.220 e. The predicted molar refractivity (Wildman–Crippen MR) is 57.5 cm³/mol. The number of rotatable bonds is 2. The number of amides is 1. The fraction of sp³-hybridized carbons (Fsp3) is 0.300. The summed E-state index contributed by atoms with van der Waals surface area (Å²) in [6.07, 6.45) is 3.07. The highest BCUT2D eigenvalue weighted by Gasteiger charge is 2.13. The predicted octanol–water partition coefficient (Wildman–Crippen LogP) is 2.29. The Kier molecular flexibility index (Phi) is 3.48. The molecule has 1 N–H and O–H groups in total. The summed E-state index contributed by atoms with van der Waals surface area (Å²) < 4.78 is 0.824. The summed E-state index contributed by atoms with van der Waals surface area (Å²) in [5.74, 6) is 0.0862. The van der Waals surface area contributed by atoms with Crippen LogP contribution in [0.2, 0.25) is 0 Å². The zero-order chi connectivity index (χ0) is 9.84. The van der Waals surface area contributed by atoms with Crippen molar-refractivity contribution in [2.24, 2.45) is 0 Å². The number of hydrogen-bond donors (Lipinski definition) is 1. The summed E-state index contributed by atoms with van der Waals surface area (Å²) in [6.45, 7) is 8.07. The largest absolute Gasteiger partial charge is 0.352 e. The summed E-state index contributed by atoms with van der Waals surface area (Å²) in [7, 11) is 0. The molecule has 0 fully saturated rings. The van der Waals surface area contributed by atoms with Gasteiger partial charge >= 0.3 is 0 Å². The number of nitrogens with one attached hydrogen (secondary N) is 1. The normalized spacial score (nSPS) is 17.8. The van der Waals surface area contributed by atoms with E-state index < -0.39 is 0 Å². The molecule has 2 nitrogen and oxygen atoms in total. The third kappa shape index (κ3) is 2.56. The highest BCUT2D eigenvalue weighted by Crippen LogP contribution is 2.23. The van der Waals surface area contributed by atoms with Gasteiger partial charge < -0.3 is 5.32 Å². The van der Waals surface area contributed by atoms with E-state index in [1.807, 2.05) is 0 Å². The second-order valence-corrected chi connectivity index (χ2v) is 3.85. The van der Waals surface area contributed by atoms with Crippen LogP contribution in [0, 0.1) is 0 Å². The second-order valence-electron chi connectivity index (χ2n) is 2.89. The van der Waals surface area contributed by atoms with Gasteiger partial charge in [0.15, 0.2) is 0 Å². The summed E-state index contributed by atoms with van der Waals surface area (Å²) >= 11 is 3.32. The Balaban J connectivity index is 2.93. The Morgan fingerprint density at radius 3 is 2.77 bits per heavy atom. The van der Waals surface area contributed by atoms with Crippen molar-refractivity contribution in [1.82, 2.24) is 5.32 Å². The SMILES string of the molecule is C=CC1=C(C(=C)Br)CNC(=O)CC1. The monoisotopic (exact) mass is 241 g/mol. The van der Waals surface area contributed by atoms with E-state index in [9.17, 15) is 4.79 Å². The molecule has 1 aliphatic rings. The minimum atomic E-state index is 0.0862. The Morgan fingerprint density at radius 2 is 2.23 bits per heavy atom. The first-order valence-corrected chi connectivity index (χ1v) is 4.90. The van der Waals surface area contributed by atoms with Gasteiger partial charge in [0.25, 0.3) is 0 Å². The molecule has 0 bridgehead atoms. The number of halogens is 1. The lowest BCUT2D eigenvalue weighted by molar-refractivity contribution is -0.120. The molecule has 0 radical (unpaired) electrons. The molecular weight excluding hydrogens is 230 g/mol. The molecule has 0 aliphatic carbocycles. The number of allylic oxidation sites excluding steroid dienone is 2. The van der Waals surface area contributed by atoms with Crippen molar-refractivity contribution in [2.75, 3.05) is 6.54 Å². The van der Waals surface area contributed by atoms with Crippen LogP contribution in [-0.4, -0.2) is 12.5 Å². The third-order valence-electron chi connectivity index (χ3n) is 2.05. The Morgan fingerprint density at radius 1 is 1.54 bits per heavy atom. The quantitative estimate of drug-likeness (QED) is 0.790. The summed E-state index contributed by atoms with van der Waals surface area (Å²) in [5, 5.41) is 2.80.